The van der Waals surface area contributed by atoms with Crippen molar-refractivity contribution in [3.63, 3.8) is 0 Å². The normalized spacial score (nSPS) is 15.1. The first kappa shape index (κ1) is 30.6. The van der Waals surface area contributed by atoms with Gasteiger partial charge in [0.1, 0.15) is 24.3 Å². The smallest absolute Gasteiger partial charge is 0.148 e. The van der Waals surface area contributed by atoms with Crippen molar-refractivity contribution in [1.82, 2.24) is 19.9 Å². The minimum atomic E-state index is 0. The predicted octanol–water partition coefficient (Wildman–Crippen LogP) is 6.39. The highest BCUT2D eigenvalue weighted by molar-refractivity contribution is 5.98. The van der Waals surface area contributed by atoms with Crippen LogP contribution in [0.5, 0.6) is 0 Å². The molecule has 4 heterocycles. The van der Waals surface area contributed by atoms with Crippen molar-refractivity contribution in [2.24, 2.45) is 0 Å². The summed E-state index contributed by atoms with van der Waals surface area (Å²) in [5.74, 6) is 1.26. The molecule has 2 aliphatic heterocycles. The van der Waals surface area contributed by atoms with Gasteiger partial charge in [0.25, 0.3) is 0 Å². The number of rotatable bonds is 6. The summed E-state index contributed by atoms with van der Waals surface area (Å²) in [5.41, 5.74) is 14.3. The van der Waals surface area contributed by atoms with Gasteiger partial charge in [0, 0.05) is 59.7 Å². The zero-order chi connectivity index (χ0) is 30.9. The standard InChI is InChI=1S/C36H34N8O2.ClH/c37-35-31-21-25(1-11-33(31)38-23-40-35)26-2-12-34-32(22-26)36(41-24-39-34)44(29-7-3-27(4-8-29)42-13-17-45-18-14-42)30-9-5-28(6-10-30)43-15-19-46-20-16-43;/h1-12,21-24H,13-20H2,(H2,37,38,40);1H. The topological polar surface area (TPSA) is 106 Å². The number of anilines is 6. The van der Waals surface area contributed by atoms with E-state index in [0.29, 0.717) is 5.82 Å². The molecule has 6 aromatic rings. The molecule has 11 heteroatoms. The van der Waals surface area contributed by atoms with Gasteiger partial charge in [0.05, 0.1) is 37.5 Å². The summed E-state index contributed by atoms with van der Waals surface area (Å²) in [5, 5.41) is 1.76. The molecule has 2 aromatic heterocycles. The monoisotopic (exact) mass is 646 g/mol. The molecule has 0 bridgehead atoms. The molecule has 2 saturated heterocycles. The number of nitrogen functional groups attached to an aromatic ring is 1. The Balaban J connectivity index is 0.00000351. The van der Waals surface area contributed by atoms with E-state index in [2.05, 4.69) is 96.4 Å². The quantitative estimate of drug-likeness (QED) is 0.219. The lowest BCUT2D eigenvalue weighted by Gasteiger charge is -2.31. The van der Waals surface area contributed by atoms with Crippen LogP contribution in [0.3, 0.4) is 0 Å². The van der Waals surface area contributed by atoms with E-state index in [1.807, 2.05) is 18.2 Å². The first-order chi connectivity index (χ1) is 22.7. The van der Waals surface area contributed by atoms with Gasteiger partial charge in [-0.1, -0.05) is 12.1 Å². The summed E-state index contributed by atoms with van der Waals surface area (Å²) >= 11 is 0. The second-order valence-corrected chi connectivity index (χ2v) is 11.5. The molecule has 238 valence electrons. The molecule has 47 heavy (non-hydrogen) atoms. The number of aromatic nitrogens is 4. The molecule has 2 fully saturated rings. The summed E-state index contributed by atoms with van der Waals surface area (Å²) in [4.78, 5) is 25.0. The van der Waals surface area contributed by atoms with E-state index in [9.17, 15) is 0 Å². The van der Waals surface area contributed by atoms with Crippen LogP contribution in [-0.4, -0.2) is 72.5 Å². The Morgan fingerprint density at radius 2 is 1.02 bits per heavy atom. The molecule has 0 saturated carbocycles. The van der Waals surface area contributed by atoms with E-state index in [1.165, 1.54) is 17.7 Å². The van der Waals surface area contributed by atoms with E-state index < -0.39 is 0 Å². The maximum atomic E-state index is 6.21. The molecule has 0 radical (unpaired) electrons. The Hall–Kier alpha value is -5.03. The SMILES string of the molecule is Cl.Nc1ncnc2ccc(-c3ccc4ncnc(N(c5ccc(N6CCOCC6)cc5)c5ccc(N6CCOCC6)cc5)c4c3)cc12. The number of nitrogens with two attached hydrogens (primary N) is 1. The summed E-state index contributed by atoms with van der Waals surface area (Å²) in [6.07, 6.45) is 3.13. The number of hydrogen-bond acceptors (Lipinski definition) is 10. The third-order valence-electron chi connectivity index (χ3n) is 8.79. The van der Waals surface area contributed by atoms with Crippen LogP contribution in [0, 0.1) is 0 Å². The lowest BCUT2D eigenvalue weighted by molar-refractivity contribution is 0.122. The fraction of sp³-hybridized carbons (Fsp3) is 0.222. The molecule has 0 atom stereocenters. The van der Waals surface area contributed by atoms with Crippen LogP contribution in [0.1, 0.15) is 0 Å². The van der Waals surface area contributed by atoms with Crippen LogP contribution >= 0.6 is 12.4 Å². The summed E-state index contributed by atoms with van der Waals surface area (Å²) in [6, 6.07) is 29.8. The van der Waals surface area contributed by atoms with Crippen LogP contribution in [-0.2, 0) is 9.47 Å². The van der Waals surface area contributed by atoms with Gasteiger partial charge in [-0.3, -0.25) is 4.90 Å². The molecule has 0 amide bonds. The van der Waals surface area contributed by atoms with E-state index in [0.717, 1.165) is 103 Å². The van der Waals surface area contributed by atoms with Crippen molar-refractivity contribution >= 4 is 68.6 Å². The molecule has 4 aromatic carbocycles. The van der Waals surface area contributed by atoms with Crippen molar-refractivity contribution < 1.29 is 9.47 Å². The molecular formula is C36H35ClN8O2. The van der Waals surface area contributed by atoms with Gasteiger partial charge in [-0.2, -0.15) is 0 Å². The zero-order valence-corrected chi connectivity index (χ0v) is 26.6. The van der Waals surface area contributed by atoms with E-state index in [4.69, 9.17) is 20.2 Å². The molecule has 2 aliphatic rings. The van der Waals surface area contributed by atoms with Gasteiger partial charge < -0.3 is 25.0 Å². The predicted molar refractivity (Wildman–Crippen MR) is 190 cm³/mol. The van der Waals surface area contributed by atoms with Crippen molar-refractivity contribution in [1.29, 1.82) is 0 Å². The van der Waals surface area contributed by atoms with E-state index in [1.54, 1.807) is 6.33 Å². The zero-order valence-electron chi connectivity index (χ0n) is 25.8. The second kappa shape index (κ2) is 13.4. The van der Waals surface area contributed by atoms with Gasteiger partial charge >= 0.3 is 0 Å². The van der Waals surface area contributed by atoms with Crippen molar-refractivity contribution in [3.8, 4) is 11.1 Å². The Morgan fingerprint density at radius 1 is 0.553 bits per heavy atom. The molecule has 10 nitrogen and oxygen atoms in total. The number of hydrogen-bond donors (Lipinski definition) is 1. The first-order valence-electron chi connectivity index (χ1n) is 15.6. The fourth-order valence-corrected chi connectivity index (χ4v) is 6.32. The van der Waals surface area contributed by atoms with Crippen LogP contribution in [0.4, 0.5) is 34.4 Å². The van der Waals surface area contributed by atoms with Gasteiger partial charge in [0.15, 0.2) is 0 Å². The average Bonchev–Trinajstić information content (AvgIpc) is 3.13. The molecule has 0 aliphatic carbocycles. The number of halogens is 1. The van der Waals surface area contributed by atoms with E-state index >= 15 is 0 Å². The second-order valence-electron chi connectivity index (χ2n) is 11.5. The third kappa shape index (κ3) is 6.10. The number of ether oxygens (including phenoxy) is 2. The Morgan fingerprint density at radius 3 is 1.55 bits per heavy atom. The maximum absolute atomic E-state index is 6.21. The summed E-state index contributed by atoms with van der Waals surface area (Å²) in [7, 11) is 0. The highest BCUT2D eigenvalue weighted by Crippen LogP contribution is 2.39. The molecular weight excluding hydrogens is 612 g/mol. The van der Waals surface area contributed by atoms with E-state index in [-0.39, 0.29) is 12.4 Å². The average molecular weight is 647 g/mol. The van der Waals surface area contributed by atoms with Crippen LogP contribution in [0.2, 0.25) is 0 Å². The van der Waals surface area contributed by atoms with Crippen molar-refractivity contribution in [2.45, 2.75) is 0 Å². The van der Waals surface area contributed by atoms with Crippen LogP contribution in [0.15, 0.2) is 97.6 Å². The molecule has 2 N–H and O–H groups in total. The lowest BCUT2D eigenvalue weighted by Crippen LogP contribution is -2.36. The van der Waals surface area contributed by atoms with Gasteiger partial charge in [-0.25, -0.2) is 19.9 Å². The fourth-order valence-electron chi connectivity index (χ4n) is 6.32. The molecule has 0 spiro atoms. The van der Waals surface area contributed by atoms with Crippen LogP contribution < -0.4 is 20.4 Å². The number of morpholine rings is 2. The summed E-state index contributed by atoms with van der Waals surface area (Å²) < 4.78 is 11.1. The number of benzene rings is 4. The minimum absolute atomic E-state index is 0. The molecule has 8 rings (SSSR count). The van der Waals surface area contributed by atoms with Crippen LogP contribution in [0.25, 0.3) is 32.9 Å². The minimum Gasteiger partial charge on any atom is -0.383 e. The lowest BCUT2D eigenvalue weighted by atomic mass is 10.0. The van der Waals surface area contributed by atoms with Gasteiger partial charge in [0.2, 0.25) is 0 Å². The first-order valence-corrected chi connectivity index (χ1v) is 15.6. The van der Waals surface area contributed by atoms with Gasteiger partial charge in [-0.15, -0.1) is 12.4 Å². The number of fused-ring (bicyclic) bond motifs is 2. The largest absolute Gasteiger partial charge is 0.383 e. The Bertz CT molecular complexity index is 1930. The number of nitrogens with zero attached hydrogens (tertiary/aromatic N) is 7. The highest BCUT2D eigenvalue weighted by atomic mass is 35.5. The Kier molecular flexibility index (Phi) is 8.71. The van der Waals surface area contributed by atoms with Gasteiger partial charge in [-0.05, 0) is 83.9 Å². The van der Waals surface area contributed by atoms with Crippen molar-refractivity contribution in [3.05, 3.63) is 97.6 Å². The van der Waals surface area contributed by atoms with Crippen molar-refractivity contribution in [2.75, 3.05) is 73.0 Å². The maximum Gasteiger partial charge on any atom is 0.148 e. The molecule has 0 unspecified atom stereocenters. The highest BCUT2D eigenvalue weighted by Gasteiger charge is 2.20. The summed E-state index contributed by atoms with van der Waals surface area (Å²) in [6.45, 7) is 6.53. The third-order valence-corrected chi connectivity index (χ3v) is 8.79. The Labute approximate surface area is 279 Å².